The maximum Gasteiger partial charge on any atom is 0.277 e. The molecule has 0 radical (unpaired) electrons. The predicted molar refractivity (Wildman–Crippen MR) is 106 cm³/mol. The van der Waals surface area contributed by atoms with Crippen molar-refractivity contribution in [2.45, 2.75) is 56.8 Å². The third kappa shape index (κ3) is 3.81. The molecule has 0 amide bonds. The summed E-state index contributed by atoms with van der Waals surface area (Å²) in [6.07, 6.45) is 6.78. The second kappa shape index (κ2) is 7.42. The molecule has 1 aromatic heterocycles. The van der Waals surface area contributed by atoms with Crippen LogP contribution in [0.4, 0.5) is 4.39 Å². The lowest BCUT2D eigenvalue weighted by molar-refractivity contribution is -0.141. The van der Waals surface area contributed by atoms with E-state index in [2.05, 4.69) is 10.2 Å². The molecule has 4 fully saturated rings. The van der Waals surface area contributed by atoms with Crippen molar-refractivity contribution in [1.29, 1.82) is 0 Å². The van der Waals surface area contributed by atoms with Crippen molar-refractivity contribution in [3.05, 3.63) is 36.0 Å². The Morgan fingerprint density at radius 2 is 1.79 bits per heavy atom. The molecule has 4 aliphatic rings. The molecule has 2 aromatic rings. The van der Waals surface area contributed by atoms with Gasteiger partial charge in [-0.25, -0.2) is 4.39 Å². The van der Waals surface area contributed by atoms with Crippen LogP contribution in [0.15, 0.2) is 33.9 Å². The average Bonchev–Trinajstić information content (AvgIpc) is 3.16. The minimum atomic E-state index is -0.457. The zero-order valence-electron chi connectivity index (χ0n) is 16.5. The summed E-state index contributed by atoms with van der Waals surface area (Å²) in [6, 6.07) is 5.80. The Labute approximate surface area is 173 Å². The highest BCUT2D eigenvalue weighted by molar-refractivity contribution is 7.99. The number of rotatable bonds is 7. The number of ether oxygens (including phenoxy) is 1. The number of benzene rings is 1. The first-order valence-corrected chi connectivity index (χ1v) is 11.4. The maximum absolute atomic E-state index is 13.1. The molecule has 0 N–H and O–H groups in total. The first-order valence-electron chi connectivity index (χ1n) is 10.4. The van der Waals surface area contributed by atoms with Gasteiger partial charge in [-0.3, -0.25) is 4.79 Å². The fourth-order valence-electron chi connectivity index (χ4n) is 5.94. The zero-order valence-corrected chi connectivity index (χ0v) is 17.3. The van der Waals surface area contributed by atoms with E-state index in [9.17, 15) is 9.18 Å². The van der Waals surface area contributed by atoms with Gasteiger partial charge in [0, 0.05) is 5.41 Å². The fourth-order valence-corrected chi connectivity index (χ4v) is 6.75. The van der Waals surface area contributed by atoms with Crippen LogP contribution in [0.1, 0.15) is 57.4 Å². The number of ketones is 1. The maximum atomic E-state index is 13.1. The van der Waals surface area contributed by atoms with Gasteiger partial charge in [0.2, 0.25) is 0 Å². The second-order valence-corrected chi connectivity index (χ2v) is 9.96. The molecule has 0 aliphatic heterocycles. The number of Topliss-reactive ketones (excluding diaryl/α,β-unsaturated/α-hetero) is 1. The van der Waals surface area contributed by atoms with Crippen molar-refractivity contribution >= 4 is 17.5 Å². The van der Waals surface area contributed by atoms with Crippen LogP contribution in [0.5, 0.6) is 5.75 Å². The van der Waals surface area contributed by atoms with Crippen molar-refractivity contribution in [1.82, 2.24) is 10.2 Å². The van der Waals surface area contributed by atoms with E-state index < -0.39 is 6.10 Å². The summed E-state index contributed by atoms with van der Waals surface area (Å²) in [7, 11) is 0. The van der Waals surface area contributed by atoms with E-state index in [0.29, 0.717) is 28.4 Å². The minimum absolute atomic E-state index is 0.0937. The number of thioether (sulfide) groups is 1. The first kappa shape index (κ1) is 19.1. The normalized spacial score (nSPS) is 31.0. The molecule has 154 valence electrons. The average molecular weight is 417 g/mol. The number of hydrogen-bond donors (Lipinski definition) is 0. The number of carbonyl (C=O) groups is 1. The summed E-state index contributed by atoms with van der Waals surface area (Å²) >= 11 is 1.33. The third-order valence-corrected chi connectivity index (χ3v) is 7.67. The van der Waals surface area contributed by atoms with Crippen molar-refractivity contribution in [2.24, 2.45) is 23.2 Å². The van der Waals surface area contributed by atoms with Gasteiger partial charge in [0.25, 0.3) is 11.1 Å². The van der Waals surface area contributed by atoms with E-state index >= 15 is 0 Å². The quantitative estimate of drug-likeness (QED) is 0.576. The molecule has 1 atom stereocenters. The van der Waals surface area contributed by atoms with E-state index in [1.807, 2.05) is 0 Å². The smallest absolute Gasteiger partial charge is 0.277 e. The summed E-state index contributed by atoms with van der Waals surface area (Å²) in [6.45, 7) is 1.80. The van der Waals surface area contributed by atoms with Crippen LogP contribution in [0.25, 0.3) is 0 Å². The zero-order chi connectivity index (χ0) is 20.0. The molecule has 4 bridgehead atoms. The lowest BCUT2D eigenvalue weighted by Gasteiger charge is -2.55. The monoisotopic (exact) mass is 416 g/mol. The highest BCUT2D eigenvalue weighted by Gasteiger charge is 2.54. The molecule has 1 heterocycles. The van der Waals surface area contributed by atoms with Gasteiger partial charge in [0.05, 0.1) is 5.75 Å². The van der Waals surface area contributed by atoms with Crippen molar-refractivity contribution in [2.75, 3.05) is 5.75 Å². The van der Waals surface area contributed by atoms with Gasteiger partial charge in [-0.05, 0) is 87.5 Å². The largest absolute Gasteiger partial charge is 0.481 e. The number of carbonyl (C=O) groups excluding carboxylic acids is 1. The van der Waals surface area contributed by atoms with Crippen LogP contribution in [0, 0.1) is 29.0 Å². The summed E-state index contributed by atoms with van der Waals surface area (Å²) in [5.41, 5.74) is -0.0937. The Balaban J connectivity index is 1.18. The standard InChI is InChI=1S/C22H25FN2O3S/c1-13(27-18-4-2-17(23)3-5-18)20-24-25-21(28-20)29-12-19(26)22-9-14-6-15(10-22)8-16(7-14)11-22/h2-5,13-16H,6-12H2,1H3/t13-,14?,15?,16?,22?/m0/s1. The first-order chi connectivity index (χ1) is 14.0. The van der Waals surface area contributed by atoms with E-state index in [-0.39, 0.29) is 11.2 Å². The fraction of sp³-hybridized carbons (Fsp3) is 0.591. The molecule has 7 heteroatoms. The number of hydrogen-bond acceptors (Lipinski definition) is 6. The number of nitrogens with zero attached hydrogens (tertiary/aromatic N) is 2. The van der Waals surface area contributed by atoms with Gasteiger partial charge in [0.1, 0.15) is 17.3 Å². The minimum Gasteiger partial charge on any atom is -0.481 e. The number of aromatic nitrogens is 2. The topological polar surface area (TPSA) is 65.2 Å². The summed E-state index contributed by atoms with van der Waals surface area (Å²) in [5.74, 6) is 3.59. The van der Waals surface area contributed by atoms with Crippen molar-refractivity contribution in [3.8, 4) is 5.75 Å². The Kier molecular flexibility index (Phi) is 4.88. The highest BCUT2D eigenvalue weighted by Crippen LogP contribution is 2.60. The van der Waals surface area contributed by atoms with Crippen LogP contribution in [0.3, 0.4) is 0 Å². The van der Waals surface area contributed by atoms with Gasteiger partial charge < -0.3 is 9.15 Å². The van der Waals surface area contributed by atoms with Crippen LogP contribution in [-0.2, 0) is 4.79 Å². The molecule has 0 saturated heterocycles. The molecule has 0 unspecified atom stereocenters. The van der Waals surface area contributed by atoms with Crippen LogP contribution >= 0.6 is 11.8 Å². The Bertz CT molecular complexity index is 862. The Morgan fingerprint density at radius 3 is 2.41 bits per heavy atom. The lowest BCUT2D eigenvalue weighted by Crippen LogP contribution is -2.50. The molecule has 0 spiro atoms. The molecule has 29 heavy (non-hydrogen) atoms. The predicted octanol–water partition coefficient (Wildman–Crippen LogP) is 5.23. The van der Waals surface area contributed by atoms with Crippen LogP contribution < -0.4 is 4.74 Å². The van der Waals surface area contributed by atoms with E-state index in [1.165, 1.54) is 43.2 Å². The highest BCUT2D eigenvalue weighted by atomic mass is 32.2. The van der Waals surface area contributed by atoms with E-state index in [0.717, 1.165) is 37.0 Å². The van der Waals surface area contributed by atoms with Crippen molar-refractivity contribution < 1.29 is 18.3 Å². The van der Waals surface area contributed by atoms with Gasteiger partial charge in [-0.2, -0.15) is 0 Å². The van der Waals surface area contributed by atoms with Crippen LogP contribution in [0.2, 0.25) is 0 Å². The second-order valence-electron chi connectivity index (χ2n) is 9.03. The molecule has 4 saturated carbocycles. The summed E-state index contributed by atoms with van der Waals surface area (Å²) < 4.78 is 24.4. The molecular weight excluding hydrogens is 391 g/mol. The molecule has 6 rings (SSSR count). The summed E-state index contributed by atoms with van der Waals surface area (Å²) in [4.78, 5) is 13.1. The lowest BCUT2D eigenvalue weighted by atomic mass is 9.48. The van der Waals surface area contributed by atoms with E-state index in [1.54, 1.807) is 19.1 Å². The van der Waals surface area contributed by atoms with Crippen molar-refractivity contribution in [3.63, 3.8) is 0 Å². The van der Waals surface area contributed by atoms with E-state index in [4.69, 9.17) is 9.15 Å². The Hall–Kier alpha value is -1.89. The molecular formula is C22H25FN2O3S. The molecule has 4 aliphatic carbocycles. The molecule has 5 nitrogen and oxygen atoms in total. The van der Waals surface area contributed by atoms with Gasteiger partial charge in [0.15, 0.2) is 6.10 Å². The Morgan fingerprint density at radius 1 is 1.17 bits per heavy atom. The molecule has 1 aromatic carbocycles. The van der Waals surface area contributed by atoms with Gasteiger partial charge in [-0.1, -0.05) is 11.8 Å². The summed E-state index contributed by atoms with van der Waals surface area (Å²) in [5, 5.41) is 8.51. The third-order valence-electron chi connectivity index (χ3n) is 6.85. The SMILES string of the molecule is C[C@H](Oc1ccc(F)cc1)c1nnc(SCC(=O)C23CC4CC(CC(C4)C2)C3)o1. The van der Waals surface area contributed by atoms with Crippen LogP contribution in [-0.4, -0.2) is 21.7 Å². The van der Waals surface area contributed by atoms with Gasteiger partial charge in [-0.15, -0.1) is 10.2 Å². The number of halogens is 1. The van der Waals surface area contributed by atoms with Gasteiger partial charge >= 0.3 is 0 Å².